The lowest BCUT2D eigenvalue weighted by molar-refractivity contribution is 0.340. The van der Waals surface area contributed by atoms with Crippen molar-refractivity contribution in [3.8, 4) is 5.75 Å². The van der Waals surface area contributed by atoms with Crippen molar-refractivity contribution >= 4 is 5.65 Å². The summed E-state index contributed by atoms with van der Waals surface area (Å²) in [5.41, 5.74) is 0.799. The molecule has 0 radical (unpaired) electrons. The molecule has 1 saturated heterocycles. The van der Waals surface area contributed by atoms with Crippen LogP contribution in [0.5, 0.6) is 5.75 Å². The first-order chi connectivity index (χ1) is 8.76. The van der Waals surface area contributed by atoms with E-state index in [0.717, 1.165) is 31.0 Å². The lowest BCUT2D eigenvalue weighted by atomic mass is 10.0. The van der Waals surface area contributed by atoms with Crippen molar-refractivity contribution in [2.75, 3.05) is 19.6 Å². The first kappa shape index (κ1) is 11.5. The molecule has 96 valence electrons. The predicted molar refractivity (Wildman–Crippen MR) is 68.6 cm³/mol. The van der Waals surface area contributed by atoms with Gasteiger partial charge in [-0.2, -0.15) is 0 Å². The van der Waals surface area contributed by atoms with E-state index in [1.54, 1.807) is 18.3 Å². The molecule has 1 aliphatic rings. The third-order valence-corrected chi connectivity index (χ3v) is 3.75. The second-order valence-corrected chi connectivity index (χ2v) is 4.98. The van der Waals surface area contributed by atoms with Gasteiger partial charge in [-0.1, -0.05) is 6.92 Å². The van der Waals surface area contributed by atoms with Crippen molar-refractivity contribution in [3.05, 3.63) is 24.2 Å². The zero-order valence-electron chi connectivity index (χ0n) is 10.6. The third kappa shape index (κ3) is 2.06. The molecule has 0 aliphatic carbocycles. The van der Waals surface area contributed by atoms with Crippen LogP contribution >= 0.6 is 0 Å². The van der Waals surface area contributed by atoms with Crippen LogP contribution in [0.1, 0.15) is 19.2 Å². The zero-order chi connectivity index (χ0) is 12.5. The van der Waals surface area contributed by atoms with Crippen LogP contribution in [0.2, 0.25) is 0 Å². The highest BCUT2D eigenvalue weighted by atomic mass is 16.3. The van der Waals surface area contributed by atoms with Gasteiger partial charge in [0.05, 0.1) is 6.20 Å². The molecule has 5 nitrogen and oxygen atoms in total. The number of rotatable bonds is 3. The fraction of sp³-hybridized carbons (Fsp3) is 0.538. The van der Waals surface area contributed by atoms with Crippen molar-refractivity contribution in [3.63, 3.8) is 0 Å². The number of likely N-dealkylation sites (tertiary alicyclic amines) is 1. The molecular weight excluding hydrogens is 228 g/mol. The fourth-order valence-corrected chi connectivity index (χ4v) is 2.69. The van der Waals surface area contributed by atoms with E-state index in [2.05, 4.69) is 22.0 Å². The molecular formula is C13H18N4O. The third-order valence-electron chi connectivity index (χ3n) is 3.75. The van der Waals surface area contributed by atoms with E-state index in [9.17, 15) is 5.11 Å². The highest BCUT2D eigenvalue weighted by Gasteiger charge is 2.23. The molecule has 3 heterocycles. The molecule has 2 aromatic heterocycles. The van der Waals surface area contributed by atoms with Gasteiger partial charge in [0.1, 0.15) is 11.6 Å². The molecule has 1 N–H and O–H groups in total. The molecule has 0 spiro atoms. The van der Waals surface area contributed by atoms with Crippen molar-refractivity contribution in [2.24, 2.45) is 5.92 Å². The second-order valence-electron chi connectivity index (χ2n) is 4.98. The van der Waals surface area contributed by atoms with Gasteiger partial charge in [0, 0.05) is 13.0 Å². The molecule has 1 atom stereocenters. The summed E-state index contributed by atoms with van der Waals surface area (Å²) in [6.45, 7) is 5.65. The quantitative estimate of drug-likeness (QED) is 0.887. The summed E-state index contributed by atoms with van der Waals surface area (Å²) >= 11 is 0. The molecule has 3 rings (SSSR count). The Hall–Kier alpha value is -1.62. The molecule has 1 aliphatic heterocycles. The van der Waals surface area contributed by atoms with Crippen molar-refractivity contribution < 1.29 is 5.11 Å². The smallest absolute Gasteiger partial charge is 0.161 e. The summed E-state index contributed by atoms with van der Waals surface area (Å²) < 4.78 is 1.89. The van der Waals surface area contributed by atoms with Gasteiger partial charge in [0.25, 0.3) is 0 Å². The van der Waals surface area contributed by atoms with E-state index >= 15 is 0 Å². The molecule has 0 bridgehead atoms. The van der Waals surface area contributed by atoms with Gasteiger partial charge in [0.2, 0.25) is 0 Å². The van der Waals surface area contributed by atoms with Gasteiger partial charge in [0.15, 0.2) is 5.65 Å². The highest BCUT2D eigenvalue weighted by Crippen LogP contribution is 2.21. The van der Waals surface area contributed by atoms with Gasteiger partial charge in [-0.3, -0.25) is 4.40 Å². The van der Waals surface area contributed by atoms with Crippen LogP contribution in [0.4, 0.5) is 0 Å². The van der Waals surface area contributed by atoms with Crippen LogP contribution in [-0.2, 0) is 6.42 Å². The number of hydrogen-bond donors (Lipinski definition) is 1. The van der Waals surface area contributed by atoms with Crippen LogP contribution in [0.25, 0.3) is 5.65 Å². The number of hydrogen-bond acceptors (Lipinski definition) is 4. The maximum Gasteiger partial charge on any atom is 0.161 e. The number of nitrogens with zero attached hydrogens (tertiary/aromatic N) is 4. The van der Waals surface area contributed by atoms with E-state index in [0.29, 0.717) is 5.92 Å². The lowest BCUT2D eigenvalue weighted by Gasteiger charge is -2.12. The van der Waals surface area contributed by atoms with Crippen LogP contribution in [-0.4, -0.2) is 44.2 Å². The largest absolute Gasteiger partial charge is 0.506 e. The van der Waals surface area contributed by atoms with Gasteiger partial charge >= 0.3 is 0 Å². The van der Waals surface area contributed by atoms with Crippen LogP contribution < -0.4 is 0 Å². The SMILES string of the molecule is CCN1CCC(Cc2nnc3ccc(O)cn23)C1. The Morgan fingerprint density at radius 2 is 2.28 bits per heavy atom. The van der Waals surface area contributed by atoms with E-state index < -0.39 is 0 Å². The number of aromatic nitrogens is 3. The summed E-state index contributed by atoms with van der Waals surface area (Å²) in [6, 6.07) is 3.43. The van der Waals surface area contributed by atoms with E-state index in [1.165, 1.54) is 13.0 Å². The van der Waals surface area contributed by atoms with Crippen LogP contribution in [0.15, 0.2) is 18.3 Å². The minimum Gasteiger partial charge on any atom is -0.506 e. The van der Waals surface area contributed by atoms with Crippen molar-refractivity contribution in [1.29, 1.82) is 0 Å². The van der Waals surface area contributed by atoms with E-state index in [-0.39, 0.29) is 5.75 Å². The Kier molecular flexibility index (Phi) is 2.91. The summed E-state index contributed by atoms with van der Waals surface area (Å²) in [5.74, 6) is 1.86. The standard InChI is InChI=1S/C13H18N4O/c1-2-16-6-5-10(8-16)7-13-15-14-12-4-3-11(18)9-17(12)13/h3-4,9-10,18H,2,5-8H2,1H3. The topological polar surface area (TPSA) is 53.7 Å². The van der Waals surface area contributed by atoms with E-state index in [1.807, 2.05) is 4.40 Å². The minimum absolute atomic E-state index is 0.255. The molecule has 1 unspecified atom stereocenters. The maximum absolute atomic E-state index is 9.53. The summed E-state index contributed by atoms with van der Waals surface area (Å²) in [4.78, 5) is 2.46. The van der Waals surface area contributed by atoms with Gasteiger partial charge in [-0.25, -0.2) is 0 Å². The molecule has 1 fully saturated rings. The molecule has 5 heteroatoms. The van der Waals surface area contributed by atoms with Crippen LogP contribution in [0, 0.1) is 5.92 Å². The molecule has 0 aromatic carbocycles. The predicted octanol–water partition coefficient (Wildman–Crippen LogP) is 1.32. The summed E-state index contributed by atoms with van der Waals surface area (Å²) in [5, 5.41) is 17.9. The molecule has 18 heavy (non-hydrogen) atoms. The lowest BCUT2D eigenvalue weighted by Crippen LogP contribution is -2.20. The number of fused-ring (bicyclic) bond motifs is 1. The van der Waals surface area contributed by atoms with Crippen molar-refractivity contribution in [1.82, 2.24) is 19.5 Å². The first-order valence-corrected chi connectivity index (χ1v) is 6.51. The molecule has 2 aromatic rings. The highest BCUT2D eigenvalue weighted by molar-refractivity contribution is 5.41. The van der Waals surface area contributed by atoms with E-state index in [4.69, 9.17) is 0 Å². The molecule has 0 saturated carbocycles. The Morgan fingerprint density at radius 1 is 1.39 bits per heavy atom. The summed E-state index contributed by atoms with van der Waals surface area (Å²) in [7, 11) is 0. The zero-order valence-corrected chi connectivity index (χ0v) is 10.6. The Bertz CT molecular complexity index is 551. The average molecular weight is 246 g/mol. The Morgan fingerprint density at radius 3 is 3.06 bits per heavy atom. The monoisotopic (exact) mass is 246 g/mol. The van der Waals surface area contributed by atoms with Gasteiger partial charge < -0.3 is 10.0 Å². The number of pyridine rings is 1. The molecule has 0 amide bonds. The van der Waals surface area contributed by atoms with Crippen molar-refractivity contribution in [2.45, 2.75) is 19.8 Å². The maximum atomic E-state index is 9.53. The van der Waals surface area contributed by atoms with Gasteiger partial charge in [-0.15, -0.1) is 10.2 Å². The van der Waals surface area contributed by atoms with Crippen LogP contribution in [0.3, 0.4) is 0 Å². The second kappa shape index (κ2) is 4.57. The Balaban J connectivity index is 1.80. The Labute approximate surface area is 106 Å². The first-order valence-electron chi connectivity index (χ1n) is 6.51. The van der Waals surface area contributed by atoms with Gasteiger partial charge in [-0.05, 0) is 37.6 Å². The normalized spacial score (nSPS) is 20.8. The summed E-state index contributed by atoms with van der Waals surface area (Å²) in [6.07, 6.45) is 3.85. The number of aromatic hydroxyl groups is 1. The fourth-order valence-electron chi connectivity index (χ4n) is 2.69. The average Bonchev–Trinajstić information content (AvgIpc) is 2.97. The minimum atomic E-state index is 0.255.